The maximum atomic E-state index is 8.97. The third-order valence-corrected chi connectivity index (χ3v) is 2.36. The molecule has 11 heavy (non-hydrogen) atoms. The Morgan fingerprint density at radius 2 is 2.64 bits per heavy atom. The van der Waals surface area contributed by atoms with Gasteiger partial charge < -0.3 is 9.84 Å². The van der Waals surface area contributed by atoms with Gasteiger partial charge >= 0.3 is 0 Å². The van der Waals surface area contributed by atoms with Crippen molar-refractivity contribution in [1.82, 2.24) is 0 Å². The van der Waals surface area contributed by atoms with Gasteiger partial charge in [0.1, 0.15) is 5.60 Å². The van der Waals surface area contributed by atoms with E-state index in [1.54, 1.807) is 0 Å². The molecule has 3 unspecified atom stereocenters. The zero-order valence-corrected chi connectivity index (χ0v) is 6.03. The summed E-state index contributed by atoms with van der Waals surface area (Å²) in [7, 11) is 0. The predicted octanol–water partition coefficient (Wildman–Crippen LogP) is 0.216. The Morgan fingerprint density at radius 1 is 1.82 bits per heavy atom. The molecule has 0 radical (unpaired) electrons. The van der Waals surface area contributed by atoms with Crippen molar-refractivity contribution < 1.29 is 9.84 Å². The average molecular weight is 151 g/mol. The van der Waals surface area contributed by atoms with Crippen LogP contribution in [0, 0.1) is 17.2 Å². The van der Waals surface area contributed by atoms with Gasteiger partial charge in [-0.3, -0.25) is 0 Å². The summed E-state index contributed by atoms with van der Waals surface area (Å²) >= 11 is 0. The van der Waals surface area contributed by atoms with E-state index in [1.165, 1.54) is 0 Å². The topological polar surface area (TPSA) is 53.2 Å². The molecular weight excluding hydrogens is 142 g/mol. The first-order valence-electron chi connectivity index (χ1n) is 3.67. The molecule has 0 aliphatic carbocycles. The van der Waals surface area contributed by atoms with Crippen LogP contribution >= 0.6 is 0 Å². The smallest absolute Gasteiger partial charge is 0.111 e. The molecule has 2 aliphatic rings. The van der Waals surface area contributed by atoms with Crippen molar-refractivity contribution >= 4 is 0 Å². The normalized spacial score (nSPS) is 46.2. The van der Waals surface area contributed by atoms with E-state index in [0.29, 0.717) is 6.42 Å². The lowest BCUT2D eigenvalue weighted by atomic mass is 9.88. The van der Waals surface area contributed by atoms with Crippen LogP contribution in [0.4, 0.5) is 0 Å². The van der Waals surface area contributed by atoms with Crippen LogP contribution in [-0.2, 0) is 4.74 Å². The second-order valence-corrected chi connectivity index (χ2v) is 3.10. The number of hydrogen-bond acceptors (Lipinski definition) is 3. The van der Waals surface area contributed by atoms with Crippen LogP contribution in [0.3, 0.4) is 0 Å². The molecule has 0 aromatic rings. The molecule has 0 spiro atoms. The number of rotatable bonds is 1. The number of aliphatic hydroxyl groups excluding tert-OH is 1. The molecule has 3 nitrogen and oxygen atoms in total. The van der Waals surface area contributed by atoms with Crippen LogP contribution in [0.25, 0.3) is 0 Å². The van der Waals surface area contributed by atoms with Crippen molar-refractivity contribution in [3.8, 4) is 6.07 Å². The number of aliphatic hydroxyl groups is 1. The van der Waals surface area contributed by atoms with Gasteiger partial charge in [-0.25, -0.2) is 0 Å². The van der Waals surface area contributed by atoms with Gasteiger partial charge in [0.15, 0.2) is 0 Å². The molecule has 1 N–H and O–H groups in total. The van der Waals surface area contributed by atoms with Crippen molar-refractivity contribution in [3.05, 3.63) is 12.2 Å². The highest BCUT2D eigenvalue weighted by molar-refractivity contribution is 5.22. The first kappa shape index (κ1) is 6.84. The van der Waals surface area contributed by atoms with Crippen molar-refractivity contribution in [2.75, 3.05) is 6.61 Å². The molecule has 3 atom stereocenters. The van der Waals surface area contributed by atoms with E-state index in [1.807, 2.05) is 12.2 Å². The van der Waals surface area contributed by atoms with E-state index in [-0.39, 0.29) is 18.6 Å². The molecule has 0 amide bonds. The third kappa shape index (κ3) is 0.802. The van der Waals surface area contributed by atoms with Crippen LogP contribution in [0.15, 0.2) is 12.2 Å². The van der Waals surface area contributed by atoms with Crippen molar-refractivity contribution in [2.45, 2.75) is 18.1 Å². The van der Waals surface area contributed by atoms with Crippen LogP contribution in [0.5, 0.6) is 0 Å². The highest BCUT2D eigenvalue weighted by atomic mass is 16.5. The van der Waals surface area contributed by atoms with Crippen LogP contribution < -0.4 is 0 Å². The first-order valence-corrected chi connectivity index (χ1v) is 3.67. The summed E-state index contributed by atoms with van der Waals surface area (Å²) in [5.41, 5.74) is -0.523. The number of nitrogens with zero attached hydrogens (tertiary/aromatic N) is 1. The van der Waals surface area contributed by atoms with E-state index in [4.69, 9.17) is 15.1 Å². The minimum absolute atomic E-state index is 0.0157. The van der Waals surface area contributed by atoms with E-state index >= 15 is 0 Å². The Kier molecular flexibility index (Phi) is 1.28. The Labute approximate surface area is 64.9 Å². The quantitative estimate of drug-likeness (QED) is 0.545. The predicted molar refractivity (Wildman–Crippen MR) is 37.5 cm³/mol. The molecule has 0 aromatic heterocycles. The van der Waals surface area contributed by atoms with Crippen LogP contribution in [0.1, 0.15) is 6.42 Å². The van der Waals surface area contributed by atoms with E-state index in [0.717, 1.165) is 0 Å². The highest BCUT2D eigenvalue weighted by Crippen LogP contribution is 2.41. The third-order valence-electron chi connectivity index (χ3n) is 2.36. The Bertz CT molecular complexity index is 243. The van der Waals surface area contributed by atoms with E-state index in [2.05, 4.69) is 6.07 Å². The second kappa shape index (κ2) is 2.07. The summed E-state index contributed by atoms with van der Waals surface area (Å²) in [5.74, 6) is -0.0628. The van der Waals surface area contributed by atoms with Crippen LogP contribution in [-0.4, -0.2) is 23.4 Å². The molecule has 1 saturated heterocycles. The summed E-state index contributed by atoms with van der Waals surface area (Å²) in [5, 5.41) is 17.6. The molecule has 2 heterocycles. The van der Waals surface area contributed by atoms with Gasteiger partial charge in [-0.1, -0.05) is 12.2 Å². The van der Waals surface area contributed by atoms with Gasteiger partial charge in [-0.15, -0.1) is 0 Å². The van der Waals surface area contributed by atoms with Gasteiger partial charge in [-0.05, 0) is 0 Å². The number of hydrogen-bond donors (Lipinski definition) is 1. The molecular formula is C8H9NO2. The minimum Gasteiger partial charge on any atom is -0.393 e. The minimum atomic E-state index is -0.523. The SMILES string of the molecule is N#CC1CC2(CO)C=CC1O2. The summed E-state index contributed by atoms with van der Waals surface area (Å²) in [6.07, 6.45) is 4.30. The zero-order chi connectivity index (χ0) is 7.90. The summed E-state index contributed by atoms with van der Waals surface area (Å²) in [6, 6.07) is 2.17. The Hall–Kier alpha value is -0.850. The molecule has 58 valence electrons. The lowest BCUT2D eigenvalue weighted by molar-refractivity contribution is -0.00999. The van der Waals surface area contributed by atoms with Crippen molar-refractivity contribution in [3.63, 3.8) is 0 Å². The average Bonchev–Trinajstić information content (AvgIpc) is 2.61. The standard InChI is InChI=1S/C8H9NO2/c9-4-6-3-8(5-10)2-1-7(6)11-8/h1-2,6-7,10H,3,5H2. The largest absolute Gasteiger partial charge is 0.393 e. The highest BCUT2D eigenvalue weighted by Gasteiger charge is 2.47. The fourth-order valence-corrected chi connectivity index (χ4v) is 1.71. The maximum absolute atomic E-state index is 8.97. The lowest BCUT2D eigenvalue weighted by Gasteiger charge is -2.18. The van der Waals surface area contributed by atoms with Gasteiger partial charge in [-0.2, -0.15) is 5.26 Å². The molecule has 0 aromatic carbocycles. The Balaban J connectivity index is 2.24. The molecule has 2 aliphatic heterocycles. The zero-order valence-electron chi connectivity index (χ0n) is 6.03. The van der Waals surface area contributed by atoms with Gasteiger partial charge in [0.2, 0.25) is 0 Å². The Morgan fingerprint density at radius 3 is 3.09 bits per heavy atom. The second-order valence-electron chi connectivity index (χ2n) is 3.10. The van der Waals surface area contributed by atoms with Crippen molar-refractivity contribution in [1.29, 1.82) is 5.26 Å². The van der Waals surface area contributed by atoms with Gasteiger partial charge in [0, 0.05) is 6.42 Å². The maximum Gasteiger partial charge on any atom is 0.111 e. The van der Waals surface area contributed by atoms with Crippen LogP contribution in [0.2, 0.25) is 0 Å². The van der Waals surface area contributed by atoms with Gasteiger partial charge in [0.05, 0.1) is 24.7 Å². The lowest BCUT2D eigenvalue weighted by Crippen LogP contribution is -2.28. The first-order chi connectivity index (χ1) is 5.29. The van der Waals surface area contributed by atoms with E-state index in [9.17, 15) is 0 Å². The van der Waals surface area contributed by atoms with E-state index < -0.39 is 5.60 Å². The summed E-state index contributed by atoms with van der Waals surface area (Å²) in [4.78, 5) is 0. The van der Waals surface area contributed by atoms with Crippen molar-refractivity contribution in [2.24, 2.45) is 5.92 Å². The number of nitriles is 1. The number of ether oxygens (including phenoxy) is 1. The molecule has 3 heteroatoms. The fourth-order valence-electron chi connectivity index (χ4n) is 1.71. The molecule has 0 saturated carbocycles. The molecule has 2 rings (SSSR count). The summed E-state index contributed by atoms with van der Waals surface area (Å²) in [6.45, 7) is -0.0157. The summed E-state index contributed by atoms with van der Waals surface area (Å²) < 4.78 is 5.43. The molecule has 2 bridgehead atoms. The van der Waals surface area contributed by atoms with Gasteiger partial charge in [0.25, 0.3) is 0 Å². The monoisotopic (exact) mass is 151 g/mol. The fraction of sp³-hybridized carbons (Fsp3) is 0.625. The number of fused-ring (bicyclic) bond motifs is 2. The molecule has 1 fully saturated rings.